The minimum absolute atomic E-state index is 0.232. The quantitative estimate of drug-likeness (QED) is 0.734. The standard InChI is InChI=1S/C18H18FNO3S/c1-3-24(22,23)14-6-4-5-12(9-14)17-11-20(2)18(21)16-10-13(19)7-8-15(16)17/h4-11,22-23H,3H2,1-2H3. The Bertz CT molecular complexity index is 982. The lowest BCUT2D eigenvalue weighted by Crippen LogP contribution is -2.16. The van der Waals surface area contributed by atoms with Crippen LogP contribution in [0.4, 0.5) is 4.39 Å². The molecule has 0 amide bonds. The van der Waals surface area contributed by atoms with E-state index in [1.165, 1.54) is 16.7 Å². The number of aryl methyl sites for hydroxylation is 1. The Morgan fingerprint density at radius 2 is 1.88 bits per heavy atom. The van der Waals surface area contributed by atoms with E-state index in [0.717, 1.165) is 11.1 Å². The molecule has 0 atom stereocenters. The van der Waals surface area contributed by atoms with Crippen molar-refractivity contribution in [3.8, 4) is 11.1 Å². The predicted molar refractivity (Wildman–Crippen MR) is 96.2 cm³/mol. The third kappa shape index (κ3) is 2.84. The van der Waals surface area contributed by atoms with Gasteiger partial charge in [0.1, 0.15) is 5.82 Å². The average molecular weight is 347 g/mol. The molecule has 0 fully saturated rings. The lowest BCUT2D eigenvalue weighted by molar-refractivity contribution is 0.488. The summed E-state index contributed by atoms with van der Waals surface area (Å²) in [5.74, 6) is -0.235. The van der Waals surface area contributed by atoms with E-state index >= 15 is 0 Å². The first-order valence-corrected chi connectivity index (χ1v) is 9.20. The van der Waals surface area contributed by atoms with Crippen LogP contribution in [-0.2, 0) is 7.05 Å². The van der Waals surface area contributed by atoms with Crippen LogP contribution in [0.1, 0.15) is 6.92 Å². The van der Waals surface area contributed by atoms with Gasteiger partial charge in [-0.15, -0.1) is 0 Å². The van der Waals surface area contributed by atoms with Crippen LogP contribution in [0.15, 0.2) is 58.4 Å². The van der Waals surface area contributed by atoms with Crippen LogP contribution in [0.3, 0.4) is 0 Å². The average Bonchev–Trinajstić information content (AvgIpc) is 2.58. The number of fused-ring (bicyclic) bond motifs is 1. The molecule has 6 heteroatoms. The summed E-state index contributed by atoms with van der Waals surface area (Å²) in [5.41, 5.74) is 1.20. The van der Waals surface area contributed by atoms with Gasteiger partial charge >= 0.3 is 0 Å². The lowest BCUT2D eigenvalue weighted by Gasteiger charge is -2.31. The summed E-state index contributed by atoms with van der Waals surface area (Å²) in [5, 5.41) is 0.923. The predicted octanol–water partition coefficient (Wildman–Crippen LogP) is 4.47. The summed E-state index contributed by atoms with van der Waals surface area (Å²) in [6.07, 6.45) is 1.68. The molecule has 2 N–H and O–H groups in total. The summed E-state index contributed by atoms with van der Waals surface area (Å²) < 4.78 is 35.2. The molecule has 1 heterocycles. The molecule has 3 aromatic rings. The zero-order valence-electron chi connectivity index (χ0n) is 13.4. The van der Waals surface area contributed by atoms with Gasteiger partial charge in [-0.05, 0) is 42.1 Å². The molecule has 0 saturated carbocycles. The van der Waals surface area contributed by atoms with E-state index in [2.05, 4.69) is 0 Å². The maximum Gasteiger partial charge on any atom is 0.258 e. The molecule has 0 aliphatic rings. The molecule has 0 bridgehead atoms. The van der Waals surface area contributed by atoms with Crippen LogP contribution in [0, 0.1) is 5.82 Å². The highest BCUT2D eigenvalue weighted by Gasteiger charge is 2.15. The van der Waals surface area contributed by atoms with Gasteiger partial charge in [-0.25, -0.2) is 4.39 Å². The third-order valence-electron chi connectivity index (χ3n) is 4.07. The van der Waals surface area contributed by atoms with E-state index in [4.69, 9.17) is 0 Å². The van der Waals surface area contributed by atoms with Crippen LogP contribution >= 0.6 is 10.6 Å². The molecule has 0 aliphatic heterocycles. The van der Waals surface area contributed by atoms with Crippen molar-refractivity contribution in [1.29, 1.82) is 0 Å². The second kappa shape index (κ2) is 6.05. The smallest absolute Gasteiger partial charge is 0.258 e. The molecule has 0 aliphatic carbocycles. The molecular formula is C18H18FNO3S. The summed E-state index contributed by atoms with van der Waals surface area (Å²) >= 11 is 0. The number of hydrogen-bond acceptors (Lipinski definition) is 3. The molecule has 0 saturated heterocycles. The maximum absolute atomic E-state index is 13.5. The Labute approximate surface area is 140 Å². The zero-order valence-corrected chi connectivity index (χ0v) is 14.2. The van der Waals surface area contributed by atoms with Gasteiger partial charge in [0.2, 0.25) is 0 Å². The number of benzene rings is 2. The van der Waals surface area contributed by atoms with Crippen molar-refractivity contribution >= 4 is 21.4 Å². The van der Waals surface area contributed by atoms with E-state index in [1.54, 1.807) is 44.4 Å². The Balaban J connectivity index is 2.30. The van der Waals surface area contributed by atoms with Gasteiger partial charge in [-0.3, -0.25) is 13.9 Å². The minimum Gasteiger partial charge on any atom is -0.317 e. The zero-order chi connectivity index (χ0) is 17.5. The first kappa shape index (κ1) is 16.7. The van der Waals surface area contributed by atoms with Gasteiger partial charge in [0, 0.05) is 24.6 Å². The molecule has 2 aromatic carbocycles. The fourth-order valence-corrected chi connectivity index (χ4v) is 3.65. The van der Waals surface area contributed by atoms with Crippen molar-refractivity contribution < 1.29 is 13.5 Å². The lowest BCUT2D eigenvalue weighted by atomic mass is 10.0. The topological polar surface area (TPSA) is 62.5 Å². The van der Waals surface area contributed by atoms with E-state index < -0.39 is 16.4 Å². The number of pyridine rings is 1. The Morgan fingerprint density at radius 1 is 1.12 bits per heavy atom. The fraction of sp³-hybridized carbons (Fsp3) is 0.167. The molecule has 126 valence electrons. The molecule has 0 spiro atoms. The highest BCUT2D eigenvalue weighted by molar-refractivity contribution is 8.24. The summed E-state index contributed by atoms with van der Waals surface area (Å²) in [6, 6.07) is 11.1. The van der Waals surface area contributed by atoms with Crippen LogP contribution in [0.5, 0.6) is 0 Å². The molecule has 4 nitrogen and oxygen atoms in total. The first-order valence-electron chi connectivity index (χ1n) is 7.49. The molecule has 24 heavy (non-hydrogen) atoms. The normalized spacial score (nSPS) is 12.5. The number of rotatable bonds is 3. The van der Waals surface area contributed by atoms with Crippen molar-refractivity contribution in [2.45, 2.75) is 11.8 Å². The third-order valence-corrected chi connectivity index (χ3v) is 5.88. The highest BCUT2D eigenvalue weighted by atomic mass is 32.3. The molecule has 0 unspecified atom stereocenters. The second-order valence-corrected chi connectivity index (χ2v) is 8.01. The van der Waals surface area contributed by atoms with E-state index in [-0.39, 0.29) is 11.3 Å². The SMILES string of the molecule is CCS(O)(O)c1cccc(-c2cn(C)c(=O)c3cc(F)ccc23)c1. The van der Waals surface area contributed by atoms with Crippen LogP contribution < -0.4 is 5.56 Å². The van der Waals surface area contributed by atoms with Gasteiger partial charge in [-0.1, -0.05) is 18.2 Å². The van der Waals surface area contributed by atoms with Crippen molar-refractivity contribution in [1.82, 2.24) is 4.57 Å². The number of hydrogen-bond donors (Lipinski definition) is 2. The van der Waals surface area contributed by atoms with Gasteiger partial charge in [0.25, 0.3) is 5.56 Å². The van der Waals surface area contributed by atoms with Gasteiger partial charge in [0.05, 0.1) is 10.3 Å². The molecular weight excluding hydrogens is 329 g/mol. The number of halogens is 1. The largest absolute Gasteiger partial charge is 0.317 e. The van der Waals surface area contributed by atoms with Crippen LogP contribution in [-0.4, -0.2) is 19.4 Å². The van der Waals surface area contributed by atoms with Crippen molar-refractivity contribution in [2.75, 3.05) is 5.75 Å². The van der Waals surface area contributed by atoms with Crippen LogP contribution in [0.25, 0.3) is 21.9 Å². The highest BCUT2D eigenvalue weighted by Crippen LogP contribution is 2.48. The van der Waals surface area contributed by atoms with E-state index in [1.807, 2.05) is 6.07 Å². The maximum atomic E-state index is 13.5. The molecule has 1 aromatic heterocycles. The van der Waals surface area contributed by atoms with Crippen LogP contribution in [0.2, 0.25) is 0 Å². The molecule has 0 radical (unpaired) electrons. The van der Waals surface area contributed by atoms with Crippen molar-refractivity contribution in [2.24, 2.45) is 7.05 Å². The second-order valence-electron chi connectivity index (χ2n) is 5.63. The first-order chi connectivity index (χ1) is 11.3. The Kier molecular flexibility index (Phi) is 4.21. The van der Waals surface area contributed by atoms with E-state index in [0.29, 0.717) is 15.7 Å². The van der Waals surface area contributed by atoms with Gasteiger partial charge in [0.15, 0.2) is 0 Å². The summed E-state index contributed by atoms with van der Waals surface area (Å²) in [4.78, 5) is 12.7. The van der Waals surface area contributed by atoms with Gasteiger partial charge in [-0.2, -0.15) is 10.6 Å². The number of nitrogens with zero attached hydrogens (tertiary/aromatic N) is 1. The number of aromatic nitrogens is 1. The van der Waals surface area contributed by atoms with E-state index in [9.17, 15) is 18.3 Å². The van der Waals surface area contributed by atoms with Gasteiger partial charge < -0.3 is 4.57 Å². The minimum atomic E-state index is -2.84. The monoisotopic (exact) mass is 347 g/mol. The Hall–Kier alpha value is -2.15. The Morgan fingerprint density at radius 3 is 2.58 bits per heavy atom. The van der Waals surface area contributed by atoms with Crippen molar-refractivity contribution in [3.63, 3.8) is 0 Å². The van der Waals surface area contributed by atoms with Crippen molar-refractivity contribution in [3.05, 3.63) is 64.8 Å². The summed E-state index contributed by atoms with van der Waals surface area (Å²) in [7, 11) is -1.22. The summed E-state index contributed by atoms with van der Waals surface area (Å²) in [6.45, 7) is 1.71. The fourth-order valence-electron chi connectivity index (χ4n) is 2.70. The molecule has 3 rings (SSSR count).